The van der Waals surface area contributed by atoms with Gasteiger partial charge in [-0.3, -0.25) is 0 Å². The van der Waals surface area contributed by atoms with Gasteiger partial charge in [-0.05, 0) is 0 Å². The van der Waals surface area contributed by atoms with Crippen molar-refractivity contribution in [2.45, 2.75) is 11.8 Å². The molecule has 82 valence electrons. The lowest BCUT2D eigenvalue weighted by atomic mass is 10.1. The molecule has 0 fully saturated rings. The molecule has 0 bridgehead atoms. The molecule has 1 N–H and O–H groups in total. The molecule has 0 amide bonds. The number of hydrogen-bond donors (Lipinski definition) is 1. The van der Waals surface area contributed by atoms with Crippen LogP contribution in [0.1, 0.15) is 28.0 Å². The smallest absolute Gasteiger partial charge is 0.336 e. The van der Waals surface area contributed by atoms with Crippen LogP contribution in [0, 0.1) is 5.95 Å². The number of halogens is 4. The molecule has 0 aliphatic rings. The number of carboxylic acid groups (broad SMARTS) is 1. The van der Waals surface area contributed by atoms with Crippen molar-refractivity contribution < 1.29 is 23.1 Å². The summed E-state index contributed by atoms with van der Waals surface area (Å²) in [6.45, 7) is 0. The number of aromatic carboxylic acids is 1. The van der Waals surface area contributed by atoms with Gasteiger partial charge in [-0.2, -0.15) is 4.39 Å². The molecule has 15 heavy (non-hydrogen) atoms. The number of aromatic nitrogens is 1. The Morgan fingerprint density at radius 3 is 2.60 bits per heavy atom. The van der Waals surface area contributed by atoms with Crippen LogP contribution in [0.4, 0.5) is 13.2 Å². The van der Waals surface area contributed by atoms with E-state index in [1.54, 1.807) is 0 Å². The van der Waals surface area contributed by atoms with Crippen molar-refractivity contribution in [2.24, 2.45) is 0 Å². The number of hydrogen-bond acceptors (Lipinski definition) is 2. The minimum atomic E-state index is -3.00. The molecule has 7 heteroatoms. The second kappa shape index (κ2) is 4.61. The summed E-state index contributed by atoms with van der Waals surface area (Å²) in [6.07, 6.45) is -3.00. The lowest BCUT2D eigenvalue weighted by molar-refractivity contribution is 0.0683. The fourth-order valence-corrected chi connectivity index (χ4v) is 1.52. The second-order valence-corrected chi connectivity index (χ2v) is 3.15. The van der Waals surface area contributed by atoms with E-state index in [2.05, 4.69) is 20.9 Å². The molecule has 0 unspecified atom stereocenters. The molecule has 1 rings (SSSR count). The molecule has 1 aromatic rings. The van der Waals surface area contributed by atoms with Crippen LogP contribution in [0.5, 0.6) is 0 Å². The number of rotatable bonds is 3. The van der Waals surface area contributed by atoms with E-state index in [-0.39, 0.29) is 11.0 Å². The van der Waals surface area contributed by atoms with E-state index in [1.165, 1.54) is 0 Å². The Kier molecular flexibility index (Phi) is 3.67. The number of carbonyl (C=O) groups is 1. The molecular weight excluding hydrogens is 279 g/mol. The Morgan fingerprint density at radius 1 is 1.60 bits per heavy atom. The zero-order valence-electron chi connectivity index (χ0n) is 7.18. The second-order valence-electron chi connectivity index (χ2n) is 2.59. The molecule has 3 nitrogen and oxygen atoms in total. The highest BCUT2D eigenvalue weighted by molar-refractivity contribution is 9.08. The van der Waals surface area contributed by atoms with Gasteiger partial charge in [0.1, 0.15) is 0 Å². The van der Waals surface area contributed by atoms with Crippen molar-refractivity contribution in [3.8, 4) is 0 Å². The summed E-state index contributed by atoms with van der Waals surface area (Å²) in [5.74, 6) is -2.69. The minimum absolute atomic E-state index is 0.134. The van der Waals surface area contributed by atoms with Gasteiger partial charge in [-0.25, -0.2) is 18.6 Å². The average molecular weight is 284 g/mol. The van der Waals surface area contributed by atoms with Crippen LogP contribution in [0.2, 0.25) is 0 Å². The molecule has 1 heterocycles. The SMILES string of the molecule is O=C(O)c1cc(F)nc(CBr)c1C(F)F. The normalized spacial score (nSPS) is 10.7. The zero-order chi connectivity index (χ0) is 11.6. The lowest BCUT2D eigenvalue weighted by Crippen LogP contribution is -2.09. The van der Waals surface area contributed by atoms with Crippen LogP contribution in [-0.2, 0) is 5.33 Å². The number of carboxylic acids is 1. The summed E-state index contributed by atoms with van der Waals surface area (Å²) in [4.78, 5) is 13.8. The Morgan fingerprint density at radius 2 is 2.20 bits per heavy atom. The van der Waals surface area contributed by atoms with Gasteiger partial charge in [0, 0.05) is 11.4 Å². The van der Waals surface area contributed by atoms with Crippen LogP contribution in [0.25, 0.3) is 0 Å². The fourth-order valence-electron chi connectivity index (χ4n) is 1.10. The van der Waals surface area contributed by atoms with Gasteiger partial charge in [0.05, 0.1) is 16.8 Å². The molecule has 0 aliphatic heterocycles. The third-order valence-electron chi connectivity index (χ3n) is 1.68. The predicted octanol–water partition coefficient (Wildman–Crippen LogP) is 2.75. The molecular formula is C8H5BrF3NO2. The van der Waals surface area contributed by atoms with E-state index in [1.807, 2.05) is 0 Å². The van der Waals surface area contributed by atoms with Gasteiger partial charge in [0.15, 0.2) is 0 Å². The van der Waals surface area contributed by atoms with Gasteiger partial charge in [0.2, 0.25) is 5.95 Å². The minimum Gasteiger partial charge on any atom is -0.478 e. The van der Waals surface area contributed by atoms with E-state index < -0.39 is 29.5 Å². The lowest BCUT2D eigenvalue weighted by Gasteiger charge is -2.09. The van der Waals surface area contributed by atoms with E-state index in [0.717, 1.165) is 0 Å². The maximum Gasteiger partial charge on any atom is 0.336 e. The highest BCUT2D eigenvalue weighted by Crippen LogP contribution is 2.27. The first-order valence-corrected chi connectivity index (χ1v) is 4.86. The molecule has 0 spiro atoms. The molecule has 0 saturated heterocycles. The van der Waals surface area contributed by atoms with Crippen LogP contribution in [-0.4, -0.2) is 16.1 Å². The Labute approximate surface area is 91.1 Å². The highest BCUT2D eigenvalue weighted by Gasteiger charge is 2.23. The van der Waals surface area contributed by atoms with Gasteiger partial charge < -0.3 is 5.11 Å². The number of nitrogens with zero attached hydrogens (tertiary/aromatic N) is 1. The Hall–Kier alpha value is -1.11. The summed E-state index contributed by atoms with van der Waals surface area (Å²) in [5.41, 5.74) is -1.81. The van der Waals surface area contributed by atoms with Crippen molar-refractivity contribution >= 4 is 21.9 Å². The topological polar surface area (TPSA) is 50.2 Å². The molecule has 0 aromatic carbocycles. The van der Waals surface area contributed by atoms with Gasteiger partial charge in [0.25, 0.3) is 6.43 Å². The summed E-state index contributed by atoms with van der Waals surface area (Å²) in [6, 6.07) is 0.482. The monoisotopic (exact) mass is 283 g/mol. The Bertz CT molecular complexity index is 398. The van der Waals surface area contributed by atoms with Crippen molar-refractivity contribution in [1.29, 1.82) is 0 Å². The van der Waals surface area contributed by atoms with Crippen molar-refractivity contribution in [3.63, 3.8) is 0 Å². The van der Waals surface area contributed by atoms with Crippen LogP contribution in [0.15, 0.2) is 6.07 Å². The van der Waals surface area contributed by atoms with E-state index in [0.29, 0.717) is 6.07 Å². The Balaban J connectivity index is 3.47. The first-order valence-electron chi connectivity index (χ1n) is 3.74. The summed E-state index contributed by atoms with van der Waals surface area (Å²) < 4.78 is 37.8. The van der Waals surface area contributed by atoms with Crippen molar-refractivity contribution in [2.75, 3.05) is 0 Å². The largest absolute Gasteiger partial charge is 0.478 e. The van der Waals surface area contributed by atoms with Crippen molar-refractivity contribution in [1.82, 2.24) is 4.98 Å². The van der Waals surface area contributed by atoms with Gasteiger partial charge in [-0.15, -0.1) is 0 Å². The first kappa shape index (κ1) is 12.0. The third-order valence-corrected chi connectivity index (χ3v) is 2.21. The number of alkyl halides is 3. The maximum atomic E-state index is 12.8. The van der Waals surface area contributed by atoms with Crippen molar-refractivity contribution in [3.05, 3.63) is 28.8 Å². The van der Waals surface area contributed by atoms with Crippen LogP contribution in [0.3, 0.4) is 0 Å². The van der Waals surface area contributed by atoms with E-state index >= 15 is 0 Å². The quantitative estimate of drug-likeness (QED) is 0.686. The zero-order valence-corrected chi connectivity index (χ0v) is 8.76. The summed E-state index contributed by atoms with van der Waals surface area (Å²) in [7, 11) is 0. The molecule has 0 radical (unpaired) electrons. The molecule has 1 aromatic heterocycles. The van der Waals surface area contributed by atoms with Gasteiger partial charge >= 0.3 is 5.97 Å². The molecule has 0 saturated carbocycles. The van der Waals surface area contributed by atoms with Gasteiger partial charge in [-0.1, -0.05) is 15.9 Å². The number of pyridine rings is 1. The van der Waals surface area contributed by atoms with E-state index in [9.17, 15) is 18.0 Å². The first-order chi connectivity index (χ1) is 6.97. The standard InChI is InChI=1S/C8H5BrF3NO2/c9-2-4-6(7(11)12)3(8(14)15)1-5(10)13-4/h1,7H,2H2,(H,14,15). The summed E-state index contributed by atoms with van der Waals surface area (Å²) >= 11 is 2.84. The maximum absolute atomic E-state index is 12.8. The predicted molar refractivity (Wildman–Crippen MR) is 48.7 cm³/mol. The molecule has 0 aliphatic carbocycles. The van der Waals surface area contributed by atoms with Crippen LogP contribution >= 0.6 is 15.9 Å². The molecule has 0 atom stereocenters. The van der Waals surface area contributed by atoms with Crippen LogP contribution < -0.4 is 0 Å². The van der Waals surface area contributed by atoms with E-state index in [4.69, 9.17) is 5.11 Å². The fraction of sp³-hybridized carbons (Fsp3) is 0.250. The third kappa shape index (κ3) is 2.47. The highest BCUT2D eigenvalue weighted by atomic mass is 79.9. The summed E-state index contributed by atoms with van der Waals surface area (Å²) in [5, 5.41) is 8.48. The average Bonchev–Trinajstić information content (AvgIpc) is 2.15.